The van der Waals surface area contributed by atoms with E-state index in [0.29, 0.717) is 35.2 Å². The first-order valence-corrected chi connectivity index (χ1v) is 10.6. The number of fused-ring (bicyclic) bond motifs is 1. The van der Waals surface area contributed by atoms with E-state index in [1.165, 1.54) is 12.1 Å². The van der Waals surface area contributed by atoms with E-state index in [2.05, 4.69) is 15.2 Å². The summed E-state index contributed by atoms with van der Waals surface area (Å²) in [5.74, 6) is 0.999. The highest BCUT2D eigenvalue weighted by atomic mass is 35.5. The topological polar surface area (TPSA) is 63.9 Å². The van der Waals surface area contributed by atoms with Crippen molar-refractivity contribution in [1.82, 2.24) is 19.7 Å². The second-order valence-corrected chi connectivity index (χ2v) is 8.09. The average Bonchev–Trinajstić information content (AvgIpc) is 3.36. The molecule has 0 aliphatic carbocycles. The van der Waals surface area contributed by atoms with Gasteiger partial charge in [0.15, 0.2) is 5.82 Å². The Kier molecular flexibility index (Phi) is 4.98. The van der Waals surface area contributed by atoms with E-state index in [0.717, 1.165) is 27.9 Å². The van der Waals surface area contributed by atoms with Crippen LogP contribution in [-0.2, 0) is 19.5 Å². The zero-order chi connectivity index (χ0) is 22.4. The van der Waals surface area contributed by atoms with Crippen LogP contribution in [0.4, 0.5) is 10.2 Å². The lowest BCUT2D eigenvalue weighted by molar-refractivity contribution is 0.0996. The maximum absolute atomic E-state index is 14.1. The van der Waals surface area contributed by atoms with Gasteiger partial charge in [-0.2, -0.15) is 0 Å². The zero-order valence-electron chi connectivity index (χ0n) is 17.5. The Morgan fingerprint density at radius 3 is 2.66 bits per heavy atom. The normalized spacial score (nSPS) is 13.0. The Balaban J connectivity index is 1.56. The predicted octanol–water partition coefficient (Wildman–Crippen LogP) is 4.89. The number of alkyl halides is 1. The van der Waals surface area contributed by atoms with E-state index in [9.17, 15) is 9.18 Å². The molecule has 0 spiro atoms. The number of hydrogen-bond donors (Lipinski definition) is 0. The molecule has 160 valence electrons. The number of nitrogens with zero attached hydrogens (tertiary/aromatic N) is 5. The number of pyridine rings is 1. The summed E-state index contributed by atoms with van der Waals surface area (Å²) in [5.41, 5.74) is 5.42. The Morgan fingerprint density at radius 1 is 1.06 bits per heavy atom. The van der Waals surface area contributed by atoms with E-state index < -0.39 is 0 Å². The van der Waals surface area contributed by atoms with Crippen LogP contribution < -0.4 is 4.90 Å². The van der Waals surface area contributed by atoms with Crippen LogP contribution in [-0.4, -0.2) is 25.7 Å². The van der Waals surface area contributed by atoms with Gasteiger partial charge in [-0.1, -0.05) is 18.2 Å². The molecule has 0 fully saturated rings. The largest absolute Gasteiger partial charge is 0.317 e. The summed E-state index contributed by atoms with van der Waals surface area (Å²) in [4.78, 5) is 19.5. The molecule has 2 aromatic carbocycles. The van der Waals surface area contributed by atoms with Gasteiger partial charge in [0.25, 0.3) is 5.91 Å². The SMILES string of the molecule is Cc1cc(CCl)cc(N2Cc3ccc(-c4ccc(F)cc4-c4nncn4C)cc3C2=O)n1. The minimum Gasteiger partial charge on any atom is -0.317 e. The summed E-state index contributed by atoms with van der Waals surface area (Å²) >= 11 is 6.00. The molecule has 0 saturated carbocycles. The van der Waals surface area contributed by atoms with Gasteiger partial charge in [-0.05, 0) is 59.5 Å². The van der Waals surface area contributed by atoms with Crippen molar-refractivity contribution in [2.45, 2.75) is 19.3 Å². The van der Waals surface area contributed by atoms with Crippen LogP contribution >= 0.6 is 11.6 Å². The van der Waals surface area contributed by atoms with Gasteiger partial charge in [0, 0.05) is 29.7 Å². The molecule has 32 heavy (non-hydrogen) atoms. The number of carbonyl (C=O) groups is 1. The van der Waals surface area contributed by atoms with E-state index in [4.69, 9.17) is 11.6 Å². The molecular formula is C24H19ClFN5O. The van der Waals surface area contributed by atoms with Crippen LogP contribution in [0.3, 0.4) is 0 Å². The minimum absolute atomic E-state index is 0.122. The lowest BCUT2D eigenvalue weighted by atomic mass is 9.96. The van der Waals surface area contributed by atoms with Gasteiger partial charge in [-0.15, -0.1) is 21.8 Å². The van der Waals surface area contributed by atoms with Crippen molar-refractivity contribution in [1.29, 1.82) is 0 Å². The molecule has 4 aromatic rings. The second kappa shape index (κ2) is 7.84. The second-order valence-electron chi connectivity index (χ2n) is 7.83. The number of carbonyl (C=O) groups excluding carboxylic acids is 1. The number of halogens is 2. The summed E-state index contributed by atoms with van der Waals surface area (Å²) in [6, 6.07) is 14.0. The van der Waals surface area contributed by atoms with Crippen molar-refractivity contribution < 1.29 is 9.18 Å². The van der Waals surface area contributed by atoms with Gasteiger partial charge in [0.2, 0.25) is 0 Å². The first-order valence-electron chi connectivity index (χ1n) is 10.1. The number of amides is 1. The van der Waals surface area contributed by atoms with Gasteiger partial charge < -0.3 is 4.57 Å². The van der Waals surface area contributed by atoms with Crippen LogP contribution in [0.25, 0.3) is 22.5 Å². The van der Waals surface area contributed by atoms with Crippen LogP contribution in [0.1, 0.15) is 27.2 Å². The first kappa shape index (κ1) is 20.3. The minimum atomic E-state index is -0.365. The highest BCUT2D eigenvalue weighted by molar-refractivity contribution is 6.17. The van der Waals surface area contributed by atoms with Gasteiger partial charge in [-0.3, -0.25) is 9.69 Å². The Morgan fingerprint density at radius 2 is 1.91 bits per heavy atom. The Hall–Kier alpha value is -3.58. The third kappa shape index (κ3) is 3.44. The van der Waals surface area contributed by atoms with Crippen LogP contribution in [0, 0.1) is 12.7 Å². The molecule has 1 amide bonds. The standard InChI is InChI=1S/C24H19ClFN5O/c1-14-7-15(11-25)8-22(28-14)31-12-17-4-3-16(9-20(17)24(31)32)19-6-5-18(26)10-21(19)23-29-27-13-30(23)2/h3-10,13H,11-12H2,1-2H3. The first-order chi connectivity index (χ1) is 15.4. The molecule has 3 heterocycles. The number of hydrogen-bond acceptors (Lipinski definition) is 4. The molecular weight excluding hydrogens is 429 g/mol. The van der Waals surface area contributed by atoms with Crippen molar-refractivity contribution in [3.8, 4) is 22.5 Å². The highest BCUT2D eigenvalue weighted by Crippen LogP contribution is 2.35. The maximum Gasteiger partial charge on any atom is 0.260 e. The summed E-state index contributed by atoms with van der Waals surface area (Å²) < 4.78 is 15.8. The molecule has 0 bridgehead atoms. The molecule has 0 radical (unpaired) electrons. The third-order valence-electron chi connectivity index (χ3n) is 5.59. The van der Waals surface area contributed by atoms with Crippen LogP contribution in [0.15, 0.2) is 54.9 Å². The summed E-state index contributed by atoms with van der Waals surface area (Å²) in [7, 11) is 1.80. The van der Waals surface area contributed by atoms with Gasteiger partial charge in [0.1, 0.15) is 18.0 Å². The van der Waals surface area contributed by atoms with Gasteiger partial charge >= 0.3 is 0 Å². The summed E-state index contributed by atoms with van der Waals surface area (Å²) in [6.07, 6.45) is 1.57. The molecule has 6 nitrogen and oxygen atoms in total. The smallest absolute Gasteiger partial charge is 0.260 e. The Bertz CT molecular complexity index is 1370. The molecule has 5 rings (SSSR count). The average molecular weight is 448 g/mol. The molecule has 2 aromatic heterocycles. The Labute approximate surface area is 189 Å². The van der Waals surface area contributed by atoms with Crippen molar-refractivity contribution in [3.63, 3.8) is 0 Å². The number of benzene rings is 2. The number of aromatic nitrogens is 4. The van der Waals surface area contributed by atoms with E-state index >= 15 is 0 Å². The lowest BCUT2D eigenvalue weighted by Gasteiger charge is -2.16. The van der Waals surface area contributed by atoms with E-state index in [-0.39, 0.29) is 11.7 Å². The van der Waals surface area contributed by atoms with Gasteiger partial charge in [0.05, 0.1) is 6.54 Å². The molecule has 0 N–H and O–H groups in total. The van der Waals surface area contributed by atoms with Gasteiger partial charge in [-0.25, -0.2) is 9.37 Å². The number of anilines is 1. The molecule has 8 heteroatoms. The molecule has 0 atom stereocenters. The van der Waals surface area contributed by atoms with E-state index in [1.54, 1.807) is 28.9 Å². The van der Waals surface area contributed by atoms with E-state index in [1.807, 2.05) is 37.3 Å². The quantitative estimate of drug-likeness (QED) is 0.418. The number of aryl methyl sites for hydroxylation is 2. The molecule has 0 unspecified atom stereocenters. The van der Waals surface area contributed by atoms with Crippen molar-refractivity contribution >= 4 is 23.3 Å². The van der Waals surface area contributed by atoms with Crippen LogP contribution in [0.5, 0.6) is 0 Å². The maximum atomic E-state index is 14.1. The fourth-order valence-corrected chi connectivity index (χ4v) is 4.22. The van der Waals surface area contributed by atoms with Crippen molar-refractivity contribution in [2.24, 2.45) is 7.05 Å². The fourth-order valence-electron chi connectivity index (χ4n) is 4.07. The number of rotatable bonds is 4. The monoisotopic (exact) mass is 447 g/mol. The highest BCUT2D eigenvalue weighted by Gasteiger charge is 2.30. The van der Waals surface area contributed by atoms with Crippen molar-refractivity contribution in [3.05, 3.63) is 83.1 Å². The molecule has 1 aliphatic rings. The third-order valence-corrected chi connectivity index (χ3v) is 5.90. The molecule has 0 saturated heterocycles. The lowest BCUT2D eigenvalue weighted by Crippen LogP contribution is -2.24. The fraction of sp³-hybridized carbons (Fsp3) is 0.167. The zero-order valence-corrected chi connectivity index (χ0v) is 18.3. The molecule has 1 aliphatic heterocycles. The predicted molar refractivity (Wildman–Crippen MR) is 121 cm³/mol. The summed E-state index contributed by atoms with van der Waals surface area (Å²) in [5, 5.41) is 8.04. The summed E-state index contributed by atoms with van der Waals surface area (Å²) in [6.45, 7) is 2.32. The van der Waals surface area contributed by atoms with Crippen LogP contribution in [0.2, 0.25) is 0 Å². The van der Waals surface area contributed by atoms with Crippen molar-refractivity contribution in [2.75, 3.05) is 4.90 Å².